The summed E-state index contributed by atoms with van der Waals surface area (Å²) in [6, 6.07) is 0. The standard InChI is InChI=1S/C71H124O6/c1-4-7-10-13-16-19-22-24-26-28-30-31-32-33-34-35-36-37-38-39-40-41-42-44-45-47-49-52-55-58-61-64-70(73)76-67-68(66-75-69(72)63-60-57-54-51-21-18-15-12-9-6-3)77-71(74)65-62-59-56-53-50-48-46-43-29-27-25-23-20-17-14-11-8-5-2/h7,10,12,15-16,19,24,26,30-31,33-34,36-37,68H,4-6,8-9,11,13-14,17-18,20-23,25,27-29,32,35,38-67H2,1-3H3/b10-7-,15-12-,19-16-,26-24-,31-30-,34-33-,37-36-. The van der Waals surface area contributed by atoms with Gasteiger partial charge in [-0.25, -0.2) is 0 Å². The Balaban J connectivity index is 4.17. The Morgan fingerprint density at radius 3 is 0.857 bits per heavy atom. The van der Waals surface area contributed by atoms with Gasteiger partial charge in [-0.3, -0.25) is 14.4 Å². The third-order valence-electron chi connectivity index (χ3n) is 14.4. The van der Waals surface area contributed by atoms with Crippen molar-refractivity contribution in [1.82, 2.24) is 0 Å². The number of ether oxygens (including phenoxy) is 3. The number of carbonyl (C=O) groups is 3. The zero-order valence-corrected chi connectivity index (χ0v) is 51.0. The summed E-state index contributed by atoms with van der Waals surface area (Å²) in [5.74, 6) is -0.873. The molecule has 6 heteroatoms. The van der Waals surface area contributed by atoms with E-state index in [1.54, 1.807) is 0 Å². The van der Waals surface area contributed by atoms with Gasteiger partial charge in [0.2, 0.25) is 0 Å². The summed E-state index contributed by atoms with van der Waals surface area (Å²) in [4.78, 5) is 38.2. The van der Waals surface area contributed by atoms with Gasteiger partial charge in [-0.15, -0.1) is 0 Å². The normalized spacial score (nSPS) is 12.6. The summed E-state index contributed by atoms with van der Waals surface area (Å²) in [7, 11) is 0. The molecule has 0 amide bonds. The van der Waals surface area contributed by atoms with E-state index in [4.69, 9.17) is 14.2 Å². The van der Waals surface area contributed by atoms with Crippen molar-refractivity contribution >= 4 is 17.9 Å². The molecule has 444 valence electrons. The molecule has 6 nitrogen and oxygen atoms in total. The van der Waals surface area contributed by atoms with E-state index in [9.17, 15) is 14.4 Å². The average Bonchev–Trinajstić information content (AvgIpc) is 3.43. The Hall–Kier alpha value is -3.41. The van der Waals surface area contributed by atoms with Gasteiger partial charge in [-0.05, 0) is 89.9 Å². The van der Waals surface area contributed by atoms with E-state index in [0.29, 0.717) is 19.3 Å². The molecule has 0 heterocycles. The lowest BCUT2D eigenvalue weighted by Crippen LogP contribution is -2.30. The first-order chi connectivity index (χ1) is 38.0. The number of rotatable bonds is 60. The maximum atomic E-state index is 12.9. The Kier molecular flexibility index (Phi) is 62.2. The SMILES string of the molecule is CC/C=C\C/C=C\C/C=C\C/C=C\C/C=C\C/C=C\CCCCCCCCCCCCCCC(=O)OCC(COC(=O)CCCCCCC/C=C\CCC)OC(=O)CCCCCCCCCCCCCCCCCCCC. The third-order valence-corrected chi connectivity index (χ3v) is 14.4. The zero-order valence-electron chi connectivity index (χ0n) is 51.0. The molecule has 0 aliphatic carbocycles. The molecule has 0 N–H and O–H groups in total. The van der Waals surface area contributed by atoms with Gasteiger partial charge in [0.25, 0.3) is 0 Å². The van der Waals surface area contributed by atoms with Crippen molar-refractivity contribution in [3.8, 4) is 0 Å². The molecule has 0 spiro atoms. The van der Waals surface area contributed by atoms with Crippen molar-refractivity contribution in [2.45, 2.75) is 335 Å². The molecule has 0 fully saturated rings. The Bertz CT molecular complexity index is 1470. The second-order valence-corrected chi connectivity index (χ2v) is 22.0. The highest BCUT2D eigenvalue weighted by molar-refractivity contribution is 5.71. The van der Waals surface area contributed by atoms with Gasteiger partial charge in [0, 0.05) is 19.3 Å². The van der Waals surface area contributed by atoms with Crippen LogP contribution >= 0.6 is 0 Å². The summed E-state index contributed by atoms with van der Waals surface area (Å²) >= 11 is 0. The number of hydrogen-bond donors (Lipinski definition) is 0. The smallest absolute Gasteiger partial charge is 0.306 e. The lowest BCUT2D eigenvalue weighted by Gasteiger charge is -2.18. The molecule has 0 saturated heterocycles. The van der Waals surface area contributed by atoms with E-state index < -0.39 is 6.10 Å². The highest BCUT2D eigenvalue weighted by atomic mass is 16.6. The topological polar surface area (TPSA) is 78.9 Å². The Morgan fingerprint density at radius 2 is 0.532 bits per heavy atom. The van der Waals surface area contributed by atoms with Crippen LogP contribution in [0.15, 0.2) is 85.1 Å². The van der Waals surface area contributed by atoms with Crippen LogP contribution in [0.1, 0.15) is 329 Å². The summed E-state index contributed by atoms with van der Waals surface area (Å²) < 4.78 is 16.9. The predicted octanol–water partition coefficient (Wildman–Crippen LogP) is 22.7. The van der Waals surface area contributed by atoms with Crippen molar-refractivity contribution < 1.29 is 28.6 Å². The van der Waals surface area contributed by atoms with E-state index in [1.807, 2.05) is 0 Å². The molecule has 77 heavy (non-hydrogen) atoms. The van der Waals surface area contributed by atoms with Gasteiger partial charge in [0.15, 0.2) is 6.10 Å². The molecule has 0 bridgehead atoms. The molecule has 0 radical (unpaired) electrons. The van der Waals surface area contributed by atoms with Crippen LogP contribution in [0.3, 0.4) is 0 Å². The van der Waals surface area contributed by atoms with E-state index >= 15 is 0 Å². The van der Waals surface area contributed by atoms with Gasteiger partial charge in [0.05, 0.1) is 0 Å². The van der Waals surface area contributed by atoms with Crippen LogP contribution in [0.5, 0.6) is 0 Å². The highest BCUT2D eigenvalue weighted by Gasteiger charge is 2.19. The maximum absolute atomic E-state index is 12.9. The van der Waals surface area contributed by atoms with E-state index in [0.717, 1.165) is 109 Å². The Morgan fingerprint density at radius 1 is 0.273 bits per heavy atom. The summed E-state index contributed by atoms with van der Waals surface area (Å²) in [6.07, 6.45) is 86.1. The van der Waals surface area contributed by atoms with Gasteiger partial charge >= 0.3 is 17.9 Å². The van der Waals surface area contributed by atoms with Crippen molar-refractivity contribution in [3.05, 3.63) is 85.1 Å². The highest BCUT2D eigenvalue weighted by Crippen LogP contribution is 2.17. The minimum atomic E-state index is -0.778. The molecule has 0 aromatic carbocycles. The van der Waals surface area contributed by atoms with Crippen LogP contribution in [-0.2, 0) is 28.6 Å². The zero-order chi connectivity index (χ0) is 55.7. The van der Waals surface area contributed by atoms with Gasteiger partial charge in [-0.1, -0.05) is 305 Å². The molecular formula is C71H124O6. The summed E-state index contributed by atoms with van der Waals surface area (Å²) in [5.41, 5.74) is 0. The number of hydrogen-bond acceptors (Lipinski definition) is 6. The van der Waals surface area contributed by atoms with Crippen LogP contribution < -0.4 is 0 Å². The fourth-order valence-corrected chi connectivity index (χ4v) is 9.45. The van der Waals surface area contributed by atoms with Crippen LogP contribution in [0.25, 0.3) is 0 Å². The summed E-state index contributed by atoms with van der Waals surface area (Å²) in [5, 5.41) is 0. The first kappa shape index (κ1) is 73.6. The van der Waals surface area contributed by atoms with Crippen molar-refractivity contribution in [2.75, 3.05) is 13.2 Å². The monoisotopic (exact) mass is 1070 g/mol. The van der Waals surface area contributed by atoms with E-state index in [-0.39, 0.29) is 31.1 Å². The van der Waals surface area contributed by atoms with Crippen molar-refractivity contribution in [3.63, 3.8) is 0 Å². The minimum Gasteiger partial charge on any atom is -0.462 e. The molecule has 0 aromatic heterocycles. The Labute approximate surface area is 477 Å². The van der Waals surface area contributed by atoms with E-state index in [1.165, 1.54) is 180 Å². The first-order valence-electron chi connectivity index (χ1n) is 33.1. The van der Waals surface area contributed by atoms with Gasteiger partial charge < -0.3 is 14.2 Å². The second kappa shape index (κ2) is 65.1. The van der Waals surface area contributed by atoms with Crippen LogP contribution in [0.2, 0.25) is 0 Å². The van der Waals surface area contributed by atoms with Crippen molar-refractivity contribution in [1.29, 1.82) is 0 Å². The largest absolute Gasteiger partial charge is 0.462 e. The molecule has 0 rings (SSSR count). The fourth-order valence-electron chi connectivity index (χ4n) is 9.45. The second-order valence-electron chi connectivity index (χ2n) is 22.0. The predicted molar refractivity (Wildman–Crippen MR) is 334 cm³/mol. The molecule has 0 aromatic rings. The van der Waals surface area contributed by atoms with Crippen LogP contribution in [0, 0.1) is 0 Å². The quantitative estimate of drug-likeness (QED) is 0.0261. The lowest BCUT2D eigenvalue weighted by atomic mass is 10.0. The number of carbonyl (C=O) groups excluding carboxylic acids is 3. The molecule has 1 atom stereocenters. The number of allylic oxidation sites excluding steroid dienone is 14. The minimum absolute atomic E-state index is 0.0762. The van der Waals surface area contributed by atoms with Crippen molar-refractivity contribution in [2.24, 2.45) is 0 Å². The first-order valence-corrected chi connectivity index (χ1v) is 33.1. The molecular weight excluding hydrogens is 949 g/mol. The maximum Gasteiger partial charge on any atom is 0.306 e. The van der Waals surface area contributed by atoms with Gasteiger partial charge in [-0.2, -0.15) is 0 Å². The van der Waals surface area contributed by atoms with Crippen LogP contribution in [-0.4, -0.2) is 37.2 Å². The molecule has 0 saturated carbocycles. The van der Waals surface area contributed by atoms with E-state index in [2.05, 4.69) is 106 Å². The summed E-state index contributed by atoms with van der Waals surface area (Å²) in [6.45, 7) is 6.50. The lowest BCUT2D eigenvalue weighted by molar-refractivity contribution is -0.167. The number of unbranched alkanes of at least 4 members (excludes halogenated alkanes) is 35. The van der Waals surface area contributed by atoms with Gasteiger partial charge in [0.1, 0.15) is 13.2 Å². The molecule has 1 unspecified atom stereocenters. The third kappa shape index (κ3) is 63.3. The average molecular weight is 1070 g/mol. The molecule has 0 aliphatic heterocycles. The number of esters is 3. The van der Waals surface area contributed by atoms with Crippen LogP contribution in [0.4, 0.5) is 0 Å². The fraction of sp³-hybridized carbons (Fsp3) is 0.761. The molecule has 0 aliphatic rings.